The quantitative estimate of drug-likeness (QED) is 0.795. The van der Waals surface area contributed by atoms with Gasteiger partial charge in [-0.05, 0) is 58.8 Å². The van der Waals surface area contributed by atoms with Crippen molar-refractivity contribution < 1.29 is 4.74 Å². The molecule has 2 nitrogen and oxygen atoms in total. The highest BCUT2D eigenvalue weighted by Gasteiger charge is 2.26. The van der Waals surface area contributed by atoms with Crippen LogP contribution >= 0.6 is 22.6 Å². The fourth-order valence-electron chi connectivity index (χ4n) is 2.87. The minimum atomic E-state index is 0.250. The van der Waals surface area contributed by atoms with Gasteiger partial charge in [-0.15, -0.1) is 0 Å². The highest BCUT2D eigenvalue weighted by atomic mass is 127. The summed E-state index contributed by atoms with van der Waals surface area (Å²) in [6.07, 6.45) is 1.39. The van der Waals surface area contributed by atoms with E-state index in [2.05, 4.69) is 82.5 Å². The summed E-state index contributed by atoms with van der Waals surface area (Å²) < 4.78 is 7.47. The second-order valence-corrected chi connectivity index (χ2v) is 6.73. The molecule has 1 heterocycles. The van der Waals surface area contributed by atoms with Crippen molar-refractivity contribution in [3.8, 4) is 0 Å². The summed E-state index contributed by atoms with van der Waals surface area (Å²) in [5.41, 5.74) is 2.64. The Morgan fingerprint density at radius 1 is 1.05 bits per heavy atom. The van der Waals surface area contributed by atoms with Crippen LogP contribution in [0.3, 0.4) is 0 Å². The maximum Gasteiger partial charge on any atom is 0.0772 e. The van der Waals surface area contributed by atoms with Crippen LogP contribution in [0, 0.1) is 3.57 Å². The van der Waals surface area contributed by atoms with Gasteiger partial charge in [0.1, 0.15) is 0 Å². The van der Waals surface area contributed by atoms with E-state index in [4.69, 9.17) is 4.74 Å². The van der Waals surface area contributed by atoms with Crippen molar-refractivity contribution >= 4 is 22.6 Å². The molecular formula is C18H20INO. The van der Waals surface area contributed by atoms with E-state index in [0.717, 1.165) is 19.5 Å². The van der Waals surface area contributed by atoms with Gasteiger partial charge in [0.25, 0.3) is 0 Å². The van der Waals surface area contributed by atoms with Gasteiger partial charge in [0.2, 0.25) is 0 Å². The summed E-state index contributed by atoms with van der Waals surface area (Å²) in [5, 5.41) is 3.45. The predicted molar refractivity (Wildman–Crippen MR) is 94.4 cm³/mol. The maximum absolute atomic E-state index is 6.21. The van der Waals surface area contributed by atoms with Crippen LogP contribution in [0.25, 0.3) is 0 Å². The SMILES string of the molecule is Ic1ccc(CO[C@H]2CNCC[C@@H]2c2ccccc2)cc1. The summed E-state index contributed by atoms with van der Waals surface area (Å²) >= 11 is 2.33. The van der Waals surface area contributed by atoms with Gasteiger partial charge in [-0.3, -0.25) is 0 Å². The third kappa shape index (κ3) is 4.05. The Morgan fingerprint density at radius 2 is 1.81 bits per heavy atom. The summed E-state index contributed by atoms with van der Waals surface area (Å²) in [4.78, 5) is 0. The normalized spacial score (nSPS) is 22.1. The zero-order valence-electron chi connectivity index (χ0n) is 12.0. The molecule has 2 aromatic rings. The molecule has 0 saturated carbocycles. The smallest absolute Gasteiger partial charge is 0.0772 e. The fraction of sp³-hybridized carbons (Fsp3) is 0.333. The first-order valence-electron chi connectivity index (χ1n) is 7.44. The number of hydrogen-bond donors (Lipinski definition) is 1. The van der Waals surface area contributed by atoms with Gasteiger partial charge < -0.3 is 10.1 Å². The standard InChI is InChI=1S/C18H20INO/c19-16-8-6-14(7-9-16)13-21-18-12-20-11-10-17(18)15-4-2-1-3-5-15/h1-9,17-18,20H,10-13H2/t17-,18+/m1/s1. The van der Waals surface area contributed by atoms with E-state index in [9.17, 15) is 0 Å². The van der Waals surface area contributed by atoms with Crippen LogP contribution in [0.4, 0.5) is 0 Å². The topological polar surface area (TPSA) is 21.3 Å². The van der Waals surface area contributed by atoms with Gasteiger partial charge in [-0.1, -0.05) is 42.5 Å². The summed E-state index contributed by atoms with van der Waals surface area (Å²) in [7, 11) is 0. The molecule has 3 heteroatoms. The molecule has 0 unspecified atom stereocenters. The molecule has 0 amide bonds. The maximum atomic E-state index is 6.21. The molecule has 0 aromatic heterocycles. The first-order valence-corrected chi connectivity index (χ1v) is 8.52. The van der Waals surface area contributed by atoms with Crippen molar-refractivity contribution in [3.63, 3.8) is 0 Å². The Bertz CT molecular complexity index is 555. The van der Waals surface area contributed by atoms with Crippen LogP contribution in [0.1, 0.15) is 23.5 Å². The molecule has 1 aliphatic rings. The van der Waals surface area contributed by atoms with E-state index < -0.39 is 0 Å². The lowest BCUT2D eigenvalue weighted by atomic mass is 9.88. The van der Waals surface area contributed by atoms with E-state index in [1.54, 1.807) is 0 Å². The van der Waals surface area contributed by atoms with Crippen LogP contribution < -0.4 is 5.32 Å². The van der Waals surface area contributed by atoms with E-state index in [0.29, 0.717) is 12.5 Å². The third-order valence-electron chi connectivity index (χ3n) is 4.03. The zero-order valence-corrected chi connectivity index (χ0v) is 14.1. The average molecular weight is 393 g/mol. The van der Waals surface area contributed by atoms with Crippen molar-refractivity contribution in [2.24, 2.45) is 0 Å². The Kier molecular flexibility index (Phi) is 5.27. The van der Waals surface area contributed by atoms with Crippen molar-refractivity contribution in [3.05, 3.63) is 69.3 Å². The van der Waals surface area contributed by atoms with Crippen LogP contribution in [0.15, 0.2) is 54.6 Å². The second-order valence-electron chi connectivity index (χ2n) is 5.49. The minimum Gasteiger partial charge on any atom is -0.372 e. The lowest BCUT2D eigenvalue weighted by Gasteiger charge is -2.32. The number of nitrogens with one attached hydrogen (secondary N) is 1. The van der Waals surface area contributed by atoms with Gasteiger partial charge >= 0.3 is 0 Å². The average Bonchev–Trinajstić information content (AvgIpc) is 2.55. The first-order chi connectivity index (χ1) is 10.3. The van der Waals surface area contributed by atoms with Crippen LogP contribution in [-0.4, -0.2) is 19.2 Å². The van der Waals surface area contributed by atoms with Gasteiger partial charge in [0, 0.05) is 16.0 Å². The molecule has 0 radical (unpaired) electrons. The highest BCUT2D eigenvalue weighted by molar-refractivity contribution is 14.1. The monoisotopic (exact) mass is 393 g/mol. The lowest BCUT2D eigenvalue weighted by molar-refractivity contribution is 0.0106. The molecule has 2 atom stereocenters. The van der Waals surface area contributed by atoms with Crippen LogP contribution in [0.2, 0.25) is 0 Å². The van der Waals surface area contributed by atoms with Crippen molar-refractivity contribution in [1.29, 1.82) is 0 Å². The zero-order chi connectivity index (χ0) is 14.5. The largest absolute Gasteiger partial charge is 0.372 e. The van der Waals surface area contributed by atoms with Gasteiger partial charge in [-0.2, -0.15) is 0 Å². The minimum absolute atomic E-state index is 0.250. The Hall–Kier alpha value is -0.910. The third-order valence-corrected chi connectivity index (χ3v) is 4.75. The van der Waals surface area contributed by atoms with Crippen LogP contribution in [0.5, 0.6) is 0 Å². The van der Waals surface area contributed by atoms with E-state index in [1.165, 1.54) is 14.7 Å². The molecule has 21 heavy (non-hydrogen) atoms. The molecule has 3 rings (SSSR count). The second kappa shape index (κ2) is 7.38. The van der Waals surface area contributed by atoms with Crippen molar-refractivity contribution in [2.75, 3.05) is 13.1 Å². The molecule has 2 aromatic carbocycles. The van der Waals surface area contributed by atoms with E-state index in [1.807, 2.05) is 0 Å². The van der Waals surface area contributed by atoms with Gasteiger partial charge in [-0.25, -0.2) is 0 Å². The molecule has 1 N–H and O–H groups in total. The highest BCUT2D eigenvalue weighted by Crippen LogP contribution is 2.28. The summed E-state index contributed by atoms with van der Waals surface area (Å²) in [5.74, 6) is 0.497. The first kappa shape index (κ1) is 15.0. The number of ether oxygens (including phenoxy) is 1. The number of hydrogen-bond acceptors (Lipinski definition) is 2. The molecule has 0 spiro atoms. The molecule has 1 fully saturated rings. The molecule has 0 bridgehead atoms. The van der Waals surface area contributed by atoms with E-state index in [-0.39, 0.29) is 6.10 Å². The predicted octanol–water partition coefficient (Wildman–Crippen LogP) is 3.95. The van der Waals surface area contributed by atoms with Gasteiger partial charge in [0.05, 0.1) is 12.7 Å². The molecule has 1 saturated heterocycles. The number of benzene rings is 2. The Labute approximate surface area is 140 Å². The molecule has 0 aliphatic carbocycles. The number of halogens is 1. The van der Waals surface area contributed by atoms with Crippen LogP contribution in [-0.2, 0) is 11.3 Å². The van der Waals surface area contributed by atoms with Gasteiger partial charge in [0.15, 0.2) is 0 Å². The molecular weight excluding hydrogens is 373 g/mol. The number of rotatable bonds is 4. The van der Waals surface area contributed by atoms with Crippen molar-refractivity contribution in [2.45, 2.75) is 25.0 Å². The lowest BCUT2D eigenvalue weighted by Crippen LogP contribution is -2.40. The van der Waals surface area contributed by atoms with Crippen molar-refractivity contribution in [1.82, 2.24) is 5.32 Å². The molecule has 110 valence electrons. The van der Waals surface area contributed by atoms with E-state index >= 15 is 0 Å². The summed E-state index contributed by atoms with van der Waals surface area (Å²) in [6.45, 7) is 2.69. The molecule has 1 aliphatic heterocycles. The fourth-order valence-corrected chi connectivity index (χ4v) is 3.23. The summed E-state index contributed by atoms with van der Waals surface area (Å²) in [6, 6.07) is 19.3. The number of piperidine rings is 1. The Balaban J connectivity index is 1.66. The Morgan fingerprint density at radius 3 is 2.57 bits per heavy atom.